The maximum Gasteiger partial charge on any atom is 0.0471 e. The molecule has 0 spiro atoms. The van der Waals surface area contributed by atoms with Crippen LogP contribution in [0.15, 0.2) is 22.8 Å². The standard InChI is InChI=1S/C13H19BrN2O/c1-15-10-13(4-6-17-7-5-13)8-12-3-2-11(14)9-16-12/h2-3,9,15H,4-8,10H2,1H3. The van der Waals surface area contributed by atoms with E-state index in [-0.39, 0.29) is 0 Å². The molecule has 1 aliphatic heterocycles. The summed E-state index contributed by atoms with van der Waals surface area (Å²) in [4.78, 5) is 4.48. The third-order valence-corrected chi connectivity index (χ3v) is 3.92. The number of pyridine rings is 1. The second-order valence-electron chi connectivity index (χ2n) is 4.79. The maximum atomic E-state index is 5.47. The van der Waals surface area contributed by atoms with Crippen LogP contribution >= 0.6 is 15.9 Å². The lowest BCUT2D eigenvalue weighted by atomic mass is 9.76. The Morgan fingerprint density at radius 1 is 1.41 bits per heavy atom. The van der Waals surface area contributed by atoms with Crippen LogP contribution in [0.2, 0.25) is 0 Å². The number of hydrogen-bond donors (Lipinski definition) is 1. The molecule has 2 heterocycles. The van der Waals surface area contributed by atoms with Gasteiger partial charge in [-0.25, -0.2) is 0 Å². The molecule has 1 aliphatic rings. The van der Waals surface area contributed by atoms with Crippen LogP contribution in [0.25, 0.3) is 0 Å². The Kier molecular flexibility index (Phi) is 4.54. The van der Waals surface area contributed by atoms with E-state index >= 15 is 0 Å². The topological polar surface area (TPSA) is 34.2 Å². The van der Waals surface area contributed by atoms with Crippen LogP contribution in [0, 0.1) is 5.41 Å². The summed E-state index contributed by atoms with van der Waals surface area (Å²) in [6, 6.07) is 4.17. The van der Waals surface area contributed by atoms with E-state index < -0.39 is 0 Å². The van der Waals surface area contributed by atoms with Crippen molar-refractivity contribution in [1.29, 1.82) is 0 Å². The van der Waals surface area contributed by atoms with E-state index in [0.29, 0.717) is 5.41 Å². The average molecular weight is 299 g/mol. The average Bonchev–Trinajstić information content (AvgIpc) is 2.34. The summed E-state index contributed by atoms with van der Waals surface area (Å²) in [6.07, 6.45) is 5.14. The minimum Gasteiger partial charge on any atom is -0.381 e. The molecule has 3 nitrogen and oxygen atoms in total. The Hall–Kier alpha value is -0.450. The van der Waals surface area contributed by atoms with Crippen molar-refractivity contribution in [3.8, 4) is 0 Å². The van der Waals surface area contributed by atoms with Crippen LogP contribution < -0.4 is 5.32 Å². The van der Waals surface area contributed by atoms with Gasteiger partial charge < -0.3 is 10.1 Å². The van der Waals surface area contributed by atoms with E-state index in [1.165, 1.54) is 5.69 Å². The zero-order valence-corrected chi connectivity index (χ0v) is 11.8. The van der Waals surface area contributed by atoms with Crippen LogP contribution in [0.1, 0.15) is 18.5 Å². The van der Waals surface area contributed by atoms with Crippen molar-refractivity contribution in [1.82, 2.24) is 10.3 Å². The third kappa shape index (κ3) is 3.50. The highest BCUT2D eigenvalue weighted by atomic mass is 79.9. The molecule has 0 aliphatic carbocycles. The summed E-state index contributed by atoms with van der Waals surface area (Å²) < 4.78 is 6.51. The first kappa shape index (κ1) is 13.0. The van der Waals surface area contributed by atoms with Gasteiger partial charge in [0.15, 0.2) is 0 Å². The smallest absolute Gasteiger partial charge is 0.0471 e. The Labute approximate surface area is 111 Å². The number of hydrogen-bond acceptors (Lipinski definition) is 3. The molecule has 1 N–H and O–H groups in total. The Balaban J connectivity index is 2.08. The molecule has 0 amide bonds. The van der Waals surface area contributed by atoms with E-state index in [9.17, 15) is 0 Å². The lowest BCUT2D eigenvalue weighted by molar-refractivity contribution is 0.0154. The summed E-state index contributed by atoms with van der Waals surface area (Å²) in [5.74, 6) is 0. The van der Waals surface area contributed by atoms with Crippen LogP contribution in [-0.2, 0) is 11.2 Å². The molecule has 0 aromatic carbocycles. The van der Waals surface area contributed by atoms with Crippen molar-refractivity contribution in [2.24, 2.45) is 5.41 Å². The molecule has 1 aromatic rings. The molecular weight excluding hydrogens is 280 g/mol. The highest BCUT2D eigenvalue weighted by molar-refractivity contribution is 9.10. The first-order valence-corrected chi connectivity index (χ1v) is 6.86. The van der Waals surface area contributed by atoms with Gasteiger partial charge in [-0.1, -0.05) is 0 Å². The minimum atomic E-state index is 0.313. The largest absolute Gasteiger partial charge is 0.381 e. The highest BCUT2D eigenvalue weighted by Gasteiger charge is 2.32. The van der Waals surface area contributed by atoms with Crippen molar-refractivity contribution in [3.63, 3.8) is 0 Å². The Morgan fingerprint density at radius 2 is 2.18 bits per heavy atom. The number of ether oxygens (including phenoxy) is 1. The van der Waals surface area contributed by atoms with Crippen molar-refractivity contribution in [2.75, 3.05) is 26.8 Å². The van der Waals surface area contributed by atoms with Gasteiger partial charge in [-0.3, -0.25) is 4.98 Å². The van der Waals surface area contributed by atoms with Gasteiger partial charge >= 0.3 is 0 Å². The van der Waals surface area contributed by atoms with E-state index in [4.69, 9.17) is 4.74 Å². The van der Waals surface area contributed by atoms with Crippen LogP contribution in [0.4, 0.5) is 0 Å². The minimum absolute atomic E-state index is 0.313. The van der Waals surface area contributed by atoms with E-state index in [0.717, 1.165) is 43.5 Å². The third-order valence-electron chi connectivity index (χ3n) is 3.45. The molecule has 0 bridgehead atoms. The van der Waals surface area contributed by atoms with Gasteiger partial charge in [0.25, 0.3) is 0 Å². The Morgan fingerprint density at radius 3 is 2.76 bits per heavy atom. The van der Waals surface area contributed by atoms with Crippen LogP contribution in [-0.4, -0.2) is 31.8 Å². The predicted octanol–water partition coefficient (Wildman–Crippen LogP) is 2.40. The maximum absolute atomic E-state index is 5.47. The second kappa shape index (κ2) is 5.94. The zero-order valence-electron chi connectivity index (χ0n) is 10.2. The molecule has 1 aromatic heterocycles. The molecule has 1 fully saturated rings. The summed E-state index contributed by atoms with van der Waals surface area (Å²) in [7, 11) is 2.02. The van der Waals surface area contributed by atoms with Gasteiger partial charge in [-0.2, -0.15) is 0 Å². The number of rotatable bonds is 4. The lowest BCUT2D eigenvalue weighted by Gasteiger charge is -2.37. The van der Waals surface area contributed by atoms with E-state index in [1.54, 1.807) is 0 Å². The van der Waals surface area contributed by atoms with Gasteiger partial charge in [0.05, 0.1) is 0 Å². The first-order chi connectivity index (χ1) is 8.24. The normalized spacial score (nSPS) is 19.2. The molecule has 17 heavy (non-hydrogen) atoms. The molecule has 0 radical (unpaired) electrons. The molecule has 94 valence electrons. The Bertz CT molecular complexity index is 341. The number of halogens is 1. The zero-order chi connectivity index (χ0) is 12.1. The van der Waals surface area contributed by atoms with Gasteiger partial charge in [0.1, 0.15) is 0 Å². The first-order valence-electron chi connectivity index (χ1n) is 6.07. The van der Waals surface area contributed by atoms with Crippen molar-refractivity contribution in [2.45, 2.75) is 19.3 Å². The van der Waals surface area contributed by atoms with E-state index in [1.807, 2.05) is 13.2 Å². The predicted molar refractivity (Wildman–Crippen MR) is 72.1 cm³/mol. The fourth-order valence-corrected chi connectivity index (χ4v) is 2.73. The van der Waals surface area contributed by atoms with Crippen LogP contribution in [0.5, 0.6) is 0 Å². The molecular formula is C13H19BrN2O. The summed E-state index contributed by atoms with van der Waals surface area (Å²) in [5.41, 5.74) is 1.48. The molecule has 4 heteroatoms. The van der Waals surface area contributed by atoms with Crippen molar-refractivity contribution in [3.05, 3.63) is 28.5 Å². The lowest BCUT2D eigenvalue weighted by Crippen LogP contribution is -2.39. The quantitative estimate of drug-likeness (QED) is 0.927. The van der Waals surface area contributed by atoms with E-state index in [2.05, 4.69) is 38.4 Å². The molecule has 0 atom stereocenters. The molecule has 1 saturated heterocycles. The highest BCUT2D eigenvalue weighted by Crippen LogP contribution is 2.33. The number of aromatic nitrogens is 1. The number of nitrogens with one attached hydrogen (secondary N) is 1. The second-order valence-corrected chi connectivity index (χ2v) is 5.70. The molecule has 0 unspecified atom stereocenters. The van der Waals surface area contributed by atoms with Gasteiger partial charge in [0.2, 0.25) is 0 Å². The van der Waals surface area contributed by atoms with Gasteiger partial charge in [-0.15, -0.1) is 0 Å². The molecule has 0 saturated carbocycles. The summed E-state index contributed by atoms with van der Waals surface area (Å²) >= 11 is 3.42. The fourth-order valence-electron chi connectivity index (χ4n) is 2.49. The van der Waals surface area contributed by atoms with Gasteiger partial charge in [0, 0.05) is 36.1 Å². The van der Waals surface area contributed by atoms with Crippen LogP contribution in [0.3, 0.4) is 0 Å². The SMILES string of the molecule is CNCC1(Cc2ccc(Br)cn2)CCOCC1. The molecule has 2 rings (SSSR count). The number of nitrogens with zero attached hydrogens (tertiary/aromatic N) is 1. The van der Waals surface area contributed by atoms with Gasteiger partial charge in [-0.05, 0) is 59.8 Å². The monoisotopic (exact) mass is 298 g/mol. The summed E-state index contributed by atoms with van der Waals surface area (Å²) in [5, 5.41) is 3.32. The summed E-state index contributed by atoms with van der Waals surface area (Å²) in [6.45, 7) is 2.78. The van der Waals surface area contributed by atoms with Crippen molar-refractivity contribution < 1.29 is 4.74 Å². The fraction of sp³-hybridized carbons (Fsp3) is 0.615. The van der Waals surface area contributed by atoms with Crippen molar-refractivity contribution >= 4 is 15.9 Å².